The van der Waals surface area contributed by atoms with Gasteiger partial charge in [0, 0.05) is 18.3 Å². The number of alkyl halides is 3. The van der Waals surface area contributed by atoms with Gasteiger partial charge in [-0.15, -0.1) is 0 Å². The Labute approximate surface area is 92.6 Å². The third-order valence-electron chi connectivity index (χ3n) is 2.24. The van der Waals surface area contributed by atoms with Crippen LogP contribution in [0, 0.1) is 0 Å². The normalized spacial score (nSPS) is 14.1. The summed E-state index contributed by atoms with van der Waals surface area (Å²) in [4.78, 5) is 0. The molecule has 0 aliphatic rings. The molecule has 6 heteroatoms. The fourth-order valence-corrected chi connectivity index (χ4v) is 1.41. The Bertz CT molecular complexity index is 319. The standard InChI is InChI=1S/C10H16F3N3/c1-3-5-14-9(10(11,12)13)8-6-15-16(4-2)7-8/h6-7,9,14H,3-5H2,1-2H3. The van der Waals surface area contributed by atoms with Crippen molar-refractivity contribution in [2.24, 2.45) is 0 Å². The van der Waals surface area contributed by atoms with Crippen LogP contribution in [0.1, 0.15) is 31.9 Å². The van der Waals surface area contributed by atoms with Crippen molar-refractivity contribution >= 4 is 0 Å². The van der Waals surface area contributed by atoms with Crippen molar-refractivity contribution in [1.82, 2.24) is 15.1 Å². The molecule has 1 rings (SSSR count). The molecule has 1 aromatic rings. The van der Waals surface area contributed by atoms with E-state index in [0.29, 0.717) is 19.5 Å². The molecule has 0 aromatic carbocycles. The first-order chi connectivity index (χ1) is 7.49. The average Bonchev–Trinajstić information content (AvgIpc) is 2.65. The van der Waals surface area contributed by atoms with Gasteiger partial charge in [-0.3, -0.25) is 4.68 Å². The van der Waals surface area contributed by atoms with E-state index in [0.717, 1.165) is 0 Å². The van der Waals surface area contributed by atoms with Crippen molar-refractivity contribution in [3.63, 3.8) is 0 Å². The van der Waals surface area contributed by atoms with Crippen LogP contribution in [-0.4, -0.2) is 22.5 Å². The lowest BCUT2D eigenvalue weighted by Gasteiger charge is -2.20. The zero-order valence-electron chi connectivity index (χ0n) is 9.38. The fourth-order valence-electron chi connectivity index (χ4n) is 1.41. The molecular weight excluding hydrogens is 219 g/mol. The Morgan fingerprint density at radius 1 is 1.44 bits per heavy atom. The van der Waals surface area contributed by atoms with Crippen LogP contribution in [0.4, 0.5) is 13.2 Å². The summed E-state index contributed by atoms with van der Waals surface area (Å²) in [5, 5.41) is 6.34. The molecule has 0 fully saturated rings. The van der Waals surface area contributed by atoms with Gasteiger partial charge >= 0.3 is 6.18 Å². The van der Waals surface area contributed by atoms with Crippen molar-refractivity contribution in [3.05, 3.63) is 18.0 Å². The lowest BCUT2D eigenvalue weighted by Crippen LogP contribution is -2.34. The van der Waals surface area contributed by atoms with Crippen molar-refractivity contribution in [1.29, 1.82) is 0 Å². The smallest absolute Gasteiger partial charge is 0.302 e. The Balaban J connectivity index is 2.83. The monoisotopic (exact) mass is 235 g/mol. The van der Waals surface area contributed by atoms with Crippen molar-refractivity contribution in [2.45, 2.75) is 39.0 Å². The highest BCUT2D eigenvalue weighted by molar-refractivity contribution is 5.12. The molecule has 1 unspecified atom stereocenters. The lowest BCUT2D eigenvalue weighted by molar-refractivity contribution is -0.157. The fraction of sp³-hybridized carbons (Fsp3) is 0.700. The number of rotatable bonds is 5. The summed E-state index contributed by atoms with van der Waals surface area (Å²) in [6.45, 7) is 4.56. The van der Waals surface area contributed by atoms with E-state index in [4.69, 9.17) is 0 Å². The molecule has 0 aliphatic carbocycles. The zero-order chi connectivity index (χ0) is 12.2. The highest BCUT2D eigenvalue weighted by Crippen LogP contribution is 2.32. The Hall–Kier alpha value is -1.04. The minimum atomic E-state index is -4.28. The summed E-state index contributed by atoms with van der Waals surface area (Å²) in [6.07, 6.45) is -0.920. The average molecular weight is 235 g/mol. The molecule has 0 saturated heterocycles. The SMILES string of the molecule is CCCNC(c1cnn(CC)c1)C(F)(F)F. The number of aromatic nitrogens is 2. The Kier molecular flexibility index (Phi) is 4.35. The van der Waals surface area contributed by atoms with Gasteiger partial charge in [-0.1, -0.05) is 6.92 Å². The van der Waals surface area contributed by atoms with Crippen LogP contribution in [0.5, 0.6) is 0 Å². The molecule has 0 spiro atoms. The number of hydrogen-bond acceptors (Lipinski definition) is 2. The highest BCUT2D eigenvalue weighted by atomic mass is 19.4. The number of nitrogens with one attached hydrogen (secondary N) is 1. The molecule has 0 aliphatic heterocycles. The molecule has 1 aromatic heterocycles. The Morgan fingerprint density at radius 2 is 2.12 bits per heavy atom. The van der Waals surface area contributed by atoms with Gasteiger partial charge in [0.15, 0.2) is 0 Å². The largest absolute Gasteiger partial charge is 0.408 e. The van der Waals surface area contributed by atoms with Gasteiger partial charge in [-0.2, -0.15) is 18.3 Å². The van der Waals surface area contributed by atoms with Gasteiger partial charge in [0.05, 0.1) is 6.20 Å². The number of aryl methyl sites for hydroxylation is 1. The van der Waals surface area contributed by atoms with Gasteiger partial charge < -0.3 is 5.32 Å². The van der Waals surface area contributed by atoms with E-state index in [9.17, 15) is 13.2 Å². The second-order valence-corrected chi connectivity index (χ2v) is 3.56. The minimum absolute atomic E-state index is 0.169. The highest BCUT2D eigenvalue weighted by Gasteiger charge is 2.40. The number of nitrogens with zero attached hydrogens (tertiary/aromatic N) is 2. The first-order valence-corrected chi connectivity index (χ1v) is 5.31. The molecule has 0 bridgehead atoms. The van der Waals surface area contributed by atoms with Crippen LogP contribution in [0.15, 0.2) is 12.4 Å². The molecule has 1 atom stereocenters. The summed E-state index contributed by atoms with van der Waals surface area (Å²) < 4.78 is 39.7. The molecule has 0 amide bonds. The predicted octanol–water partition coefficient (Wildman–Crippen LogP) is 2.51. The van der Waals surface area contributed by atoms with E-state index in [-0.39, 0.29) is 5.56 Å². The van der Waals surface area contributed by atoms with E-state index in [2.05, 4.69) is 10.4 Å². The second kappa shape index (κ2) is 5.34. The molecule has 16 heavy (non-hydrogen) atoms. The van der Waals surface area contributed by atoms with E-state index in [1.54, 1.807) is 0 Å². The van der Waals surface area contributed by atoms with Gasteiger partial charge in [0.2, 0.25) is 0 Å². The summed E-state index contributed by atoms with van der Waals surface area (Å²) in [7, 11) is 0. The maximum atomic E-state index is 12.7. The number of hydrogen-bond donors (Lipinski definition) is 1. The van der Waals surface area contributed by atoms with E-state index >= 15 is 0 Å². The minimum Gasteiger partial charge on any atom is -0.302 e. The van der Waals surface area contributed by atoms with Gasteiger partial charge in [0.1, 0.15) is 6.04 Å². The van der Waals surface area contributed by atoms with E-state index in [1.807, 2.05) is 13.8 Å². The third-order valence-corrected chi connectivity index (χ3v) is 2.24. The topological polar surface area (TPSA) is 29.9 Å². The third kappa shape index (κ3) is 3.23. The van der Waals surface area contributed by atoms with Crippen molar-refractivity contribution in [2.75, 3.05) is 6.54 Å². The Morgan fingerprint density at radius 3 is 2.56 bits per heavy atom. The van der Waals surface area contributed by atoms with Crippen molar-refractivity contribution < 1.29 is 13.2 Å². The summed E-state index contributed by atoms with van der Waals surface area (Å²) in [5.41, 5.74) is 0.169. The molecule has 1 heterocycles. The number of halogens is 3. The van der Waals surface area contributed by atoms with Crippen LogP contribution < -0.4 is 5.32 Å². The maximum Gasteiger partial charge on any atom is 0.408 e. The van der Waals surface area contributed by atoms with Crippen LogP contribution in [0.2, 0.25) is 0 Å². The van der Waals surface area contributed by atoms with Gasteiger partial charge in [0.25, 0.3) is 0 Å². The van der Waals surface area contributed by atoms with E-state index in [1.165, 1.54) is 17.1 Å². The van der Waals surface area contributed by atoms with Crippen LogP contribution in [0.25, 0.3) is 0 Å². The van der Waals surface area contributed by atoms with Gasteiger partial charge in [-0.05, 0) is 19.9 Å². The zero-order valence-corrected chi connectivity index (χ0v) is 9.38. The van der Waals surface area contributed by atoms with Gasteiger partial charge in [-0.25, -0.2) is 0 Å². The summed E-state index contributed by atoms with van der Waals surface area (Å²) in [6, 6.07) is -1.62. The first-order valence-electron chi connectivity index (χ1n) is 5.31. The van der Waals surface area contributed by atoms with Crippen LogP contribution in [-0.2, 0) is 6.54 Å². The first kappa shape index (κ1) is 13.0. The quantitative estimate of drug-likeness (QED) is 0.849. The van der Waals surface area contributed by atoms with Crippen molar-refractivity contribution in [3.8, 4) is 0 Å². The molecule has 3 nitrogen and oxygen atoms in total. The lowest BCUT2D eigenvalue weighted by atomic mass is 10.1. The molecule has 0 saturated carbocycles. The molecule has 1 N–H and O–H groups in total. The molecule has 0 radical (unpaired) electrons. The summed E-state index contributed by atoms with van der Waals surface area (Å²) >= 11 is 0. The second-order valence-electron chi connectivity index (χ2n) is 3.56. The predicted molar refractivity (Wildman–Crippen MR) is 55.0 cm³/mol. The maximum absolute atomic E-state index is 12.7. The van der Waals surface area contributed by atoms with Crippen LogP contribution in [0.3, 0.4) is 0 Å². The molecule has 92 valence electrons. The van der Waals surface area contributed by atoms with E-state index < -0.39 is 12.2 Å². The van der Waals surface area contributed by atoms with Crippen LogP contribution >= 0.6 is 0 Å². The molecular formula is C10H16F3N3. The summed E-state index contributed by atoms with van der Waals surface area (Å²) in [5.74, 6) is 0.